The maximum atomic E-state index is 13.3. The Morgan fingerprint density at radius 3 is 2.62 bits per heavy atom. The van der Waals surface area contributed by atoms with Crippen molar-refractivity contribution in [2.45, 2.75) is 77.8 Å². The zero-order chi connectivity index (χ0) is 23.6. The first-order chi connectivity index (χ1) is 15.1. The highest BCUT2D eigenvalue weighted by Crippen LogP contribution is 2.39. The summed E-state index contributed by atoms with van der Waals surface area (Å²) in [7, 11) is 1.26. The number of carbonyl (C=O) groups is 3. The van der Waals surface area contributed by atoms with E-state index < -0.39 is 30.3 Å². The molecule has 0 radical (unpaired) electrons. The summed E-state index contributed by atoms with van der Waals surface area (Å²) in [6.45, 7) is 11.6. The summed E-state index contributed by atoms with van der Waals surface area (Å²) < 4.78 is 22.8. The number of ketones is 1. The van der Waals surface area contributed by atoms with Gasteiger partial charge in [-0.1, -0.05) is 24.6 Å². The van der Waals surface area contributed by atoms with Crippen molar-refractivity contribution in [3.8, 4) is 0 Å². The number of methoxy groups -OCH3 is 1. The van der Waals surface area contributed by atoms with Crippen molar-refractivity contribution in [1.82, 2.24) is 0 Å². The van der Waals surface area contributed by atoms with E-state index in [0.717, 1.165) is 11.1 Å². The molecule has 3 heterocycles. The van der Waals surface area contributed by atoms with Crippen LogP contribution in [0.4, 0.5) is 0 Å². The molecule has 3 aliphatic heterocycles. The highest BCUT2D eigenvalue weighted by molar-refractivity contribution is 6.04. The lowest BCUT2D eigenvalue weighted by atomic mass is 9.84. The van der Waals surface area contributed by atoms with Crippen LogP contribution in [0.2, 0.25) is 0 Å². The first-order valence-corrected chi connectivity index (χ1v) is 11.1. The molecule has 0 spiro atoms. The number of esters is 2. The first-order valence-electron chi connectivity index (χ1n) is 11.1. The van der Waals surface area contributed by atoms with Gasteiger partial charge < -0.3 is 18.9 Å². The van der Waals surface area contributed by atoms with Gasteiger partial charge in [0.1, 0.15) is 23.5 Å². The van der Waals surface area contributed by atoms with Gasteiger partial charge in [-0.15, -0.1) is 0 Å². The molecule has 0 aromatic carbocycles. The minimum Gasteiger partial charge on any atom is -0.489 e. The van der Waals surface area contributed by atoms with E-state index in [0.29, 0.717) is 37.0 Å². The van der Waals surface area contributed by atoms with E-state index in [-0.39, 0.29) is 23.4 Å². The van der Waals surface area contributed by atoms with Crippen LogP contribution in [0.1, 0.15) is 53.4 Å². The van der Waals surface area contributed by atoms with E-state index in [1.165, 1.54) is 13.2 Å². The van der Waals surface area contributed by atoms with Crippen LogP contribution >= 0.6 is 0 Å². The molecule has 0 aromatic heterocycles. The standard InChI is InChI=1S/C25H32O7/c1-7-15(5)30-23-19(26)9-14(4)8-17-12-18(24(27)31-17)20-10-16(13(2)3)11-21(32-20)22(23)25(28)29-6/h9,12,15-17,20,23H,2,7-8,10-11H2,1,3-6H3/b14-9-,22-21+/t15?,16-,17-,20+,23-/m1/s1. The van der Waals surface area contributed by atoms with Gasteiger partial charge in [0.2, 0.25) is 0 Å². The van der Waals surface area contributed by atoms with Crippen LogP contribution in [0.15, 0.2) is 46.8 Å². The van der Waals surface area contributed by atoms with Gasteiger partial charge >= 0.3 is 11.9 Å². The predicted octanol–water partition coefficient (Wildman–Crippen LogP) is 3.74. The Hall–Kier alpha value is -2.67. The minimum absolute atomic E-state index is 0.0434. The highest BCUT2D eigenvalue weighted by Gasteiger charge is 2.42. The number of hydrogen-bond donors (Lipinski definition) is 0. The summed E-state index contributed by atoms with van der Waals surface area (Å²) in [5.41, 5.74) is 2.10. The summed E-state index contributed by atoms with van der Waals surface area (Å²) >= 11 is 0. The smallest absolute Gasteiger partial charge is 0.340 e. The number of ether oxygens (including phenoxy) is 4. The molecule has 4 bridgehead atoms. The highest BCUT2D eigenvalue weighted by atomic mass is 16.6. The number of rotatable bonds is 5. The van der Waals surface area contributed by atoms with Crippen molar-refractivity contribution < 1.29 is 33.3 Å². The second-order valence-corrected chi connectivity index (χ2v) is 8.82. The monoisotopic (exact) mass is 444 g/mol. The zero-order valence-electron chi connectivity index (χ0n) is 19.4. The average molecular weight is 445 g/mol. The van der Waals surface area contributed by atoms with Gasteiger partial charge in [-0.25, -0.2) is 9.59 Å². The van der Waals surface area contributed by atoms with Gasteiger partial charge in [-0.2, -0.15) is 0 Å². The van der Waals surface area contributed by atoms with Gasteiger partial charge in [0.25, 0.3) is 0 Å². The molecule has 5 atom stereocenters. The van der Waals surface area contributed by atoms with Crippen LogP contribution in [0.3, 0.4) is 0 Å². The van der Waals surface area contributed by atoms with E-state index in [1.54, 1.807) is 13.0 Å². The van der Waals surface area contributed by atoms with Crippen molar-refractivity contribution in [2.24, 2.45) is 5.92 Å². The van der Waals surface area contributed by atoms with Crippen molar-refractivity contribution >= 4 is 17.7 Å². The molecule has 1 unspecified atom stereocenters. The second-order valence-electron chi connectivity index (χ2n) is 8.82. The molecular formula is C25H32O7. The van der Waals surface area contributed by atoms with Crippen molar-refractivity contribution in [3.05, 3.63) is 46.8 Å². The fourth-order valence-electron chi connectivity index (χ4n) is 4.20. The van der Waals surface area contributed by atoms with Gasteiger partial charge in [0, 0.05) is 12.8 Å². The predicted molar refractivity (Wildman–Crippen MR) is 117 cm³/mol. The van der Waals surface area contributed by atoms with Gasteiger partial charge in [-0.3, -0.25) is 4.79 Å². The Morgan fingerprint density at radius 1 is 1.28 bits per heavy atom. The molecule has 1 fully saturated rings. The topological polar surface area (TPSA) is 88.1 Å². The Balaban J connectivity index is 2.22. The SMILES string of the molecule is C=C(C)[C@H]1C/C2=C(\C(=O)OC)[C@H](OC(C)CC)C(=O)/C=C(/C)C[C@@H]3C=C(C(=O)O3)[C@H](C1)O2. The van der Waals surface area contributed by atoms with E-state index in [9.17, 15) is 14.4 Å². The van der Waals surface area contributed by atoms with Crippen molar-refractivity contribution in [2.75, 3.05) is 7.11 Å². The van der Waals surface area contributed by atoms with Gasteiger partial charge in [-0.05, 0) is 51.7 Å². The quantitative estimate of drug-likeness (QED) is 0.471. The number of fused-ring (bicyclic) bond motifs is 4. The van der Waals surface area contributed by atoms with Crippen LogP contribution in [0.25, 0.3) is 0 Å². The Labute approximate surface area is 189 Å². The molecule has 1 saturated heterocycles. The third-order valence-electron chi connectivity index (χ3n) is 6.20. The summed E-state index contributed by atoms with van der Waals surface area (Å²) in [4.78, 5) is 38.9. The van der Waals surface area contributed by atoms with E-state index in [1.807, 2.05) is 20.8 Å². The summed E-state index contributed by atoms with van der Waals surface area (Å²) in [5, 5.41) is 0. The third-order valence-corrected chi connectivity index (χ3v) is 6.20. The molecule has 3 aliphatic rings. The first kappa shape index (κ1) is 24.0. The Bertz CT molecular complexity index is 907. The van der Waals surface area contributed by atoms with Gasteiger partial charge in [0.05, 0.1) is 18.8 Å². The zero-order valence-corrected chi connectivity index (χ0v) is 19.4. The fraction of sp³-hybridized carbons (Fsp3) is 0.560. The van der Waals surface area contributed by atoms with Gasteiger partial charge in [0.15, 0.2) is 11.9 Å². The molecule has 7 heteroatoms. The van der Waals surface area contributed by atoms with Crippen molar-refractivity contribution in [1.29, 1.82) is 0 Å². The summed E-state index contributed by atoms with van der Waals surface area (Å²) in [6.07, 6.45) is 2.62. The molecule has 7 nitrogen and oxygen atoms in total. The molecule has 32 heavy (non-hydrogen) atoms. The molecule has 0 aromatic rings. The molecule has 0 amide bonds. The van der Waals surface area contributed by atoms with E-state index in [4.69, 9.17) is 18.9 Å². The van der Waals surface area contributed by atoms with E-state index in [2.05, 4.69) is 6.58 Å². The molecule has 0 aliphatic carbocycles. The van der Waals surface area contributed by atoms with E-state index >= 15 is 0 Å². The normalized spacial score (nSPS) is 32.9. The summed E-state index contributed by atoms with van der Waals surface area (Å²) in [5.74, 6) is -1.25. The second kappa shape index (κ2) is 9.86. The average Bonchev–Trinajstić information content (AvgIpc) is 3.11. The third kappa shape index (κ3) is 5.04. The lowest BCUT2D eigenvalue weighted by Gasteiger charge is -2.34. The minimum atomic E-state index is -1.17. The van der Waals surface area contributed by atoms with Crippen LogP contribution in [0, 0.1) is 5.92 Å². The lowest BCUT2D eigenvalue weighted by Crippen LogP contribution is -2.37. The summed E-state index contributed by atoms with van der Waals surface area (Å²) in [6, 6.07) is 0. The van der Waals surface area contributed by atoms with Crippen LogP contribution < -0.4 is 0 Å². The van der Waals surface area contributed by atoms with Crippen LogP contribution in [-0.2, 0) is 33.3 Å². The molecule has 0 saturated carbocycles. The molecular weight excluding hydrogens is 412 g/mol. The lowest BCUT2D eigenvalue weighted by molar-refractivity contribution is -0.142. The van der Waals surface area contributed by atoms with Crippen LogP contribution in [0.5, 0.6) is 0 Å². The molecule has 0 N–H and O–H groups in total. The maximum Gasteiger partial charge on any atom is 0.340 e. The molecule has 3 rings (SSSR count). The number of hydrogen-bond acceptors (Lipinski definition) is 7. The number of carbonyl (C=O) groups excluding carboxylic acids is 3. The number of allylic oxidation sites excluding steroid dienone is 2. The largest absolute Gasteiger partial charge is 0.489 e. The maximum absolute atomic E-state index is 13.3. The van der Waals surface area contributed by atoms with Crippen LogP contribution in [-0.4, -0.2) is 49.2 Å². The Kier molecular flexibility index (Phi) is 7.39. The Morgan fingerprint density at radius 2 is 2.00 bits per heavy atom. The fourth-order valence-corrected chi connectivity index (χ4v) is 4.20. The molecule has 174 valence electrons. The van der Waals surface area contributed by atoms with Crippen molar-refractivity contribution in [3.63, 3.8) is 0 Å².